The van der Waals surface area contributed by atoms with Gasteiger partial charge in [-0.25, -0.2) is 0 Å². The van der Waals surface area contributed by atoms with Crippen molar-refractivity contribution in [2.75, 3.05) is 19.8 Å². The number of benzene rings is 1. The van der Waals surface area contributed by atoms with E-state index in [2.05, 4.69) is 18.6 Å². The molecule has 1 rings (SSSR count). The first kappa shape index (κ1) is 20.7. The largest absolute Gasteiger partial charge is 0.522 e. The SMILES string of the molecule is CC(C)CC(CN)c1ccc(OC(C)OCCOC(F)(F)F)cc1. The van der Waals surface area contributed by atoms with Gasteiger partial charge < -0.3 is 15.2 Å². The fourth-order valence-corrected chi connectivity index (χ4v) is 2.35. The number of hydrogen-bond donors (Lipinski definition) is 1. The molecular formula is C17H26F3NO3. The molecule has 0 saturated carbocycles. The highest BCUT2D eigenvalue weighted by Gasteiger charge is 2.28. The molecule has 2 atom stereocenters. The Hall–Kier alpha value is -1.31. The lowest BCUT2D eigenvalue weighted by atomic mass is 9.90. The van der Waals surface area contributed by atoms with Crippen molar-refractivity contribution < 1.29 is 27.4 Å². The first-order chi connectivity index (χ1) is 11.2. The maximum atomic E-state index is 11.8. The van der Waals surface area contributed by atoms with Gasteiger partial charge in [0.2, 0.25) is 0 Å². The van der Waals surface area contributed by atoms with Gasteiger partial charge in [0.05, 0.1) is 13.2 Å². The maximum Gasteiger partial charge on any atom is 0.522 e. The minimum atomic E-state index is -4.64. The lowest BCUT2D eigenvalue weighted by Crippen LogP contribution is -2.22. The van der Waals surface area contributed by atoms with E-state index < -0.39 is 19.3 Å². The topological polar surface area (TPSA) is 53.7 Å². The van der Waals surface area contributed by atoms with Gasteiger partial charge in [0, 0.05) is 0 Å². The molecule has 0 spiro atoms. The lowest BCUT2D eigenvalue weighted by Gasteiger charge is -2.19. The normalized spacial score (nSPS) is 14.7. The van der Waals surface area contributed by atoms with Gasteiger partial charge >= 0.3 is 6.36 Å². The Morgan fingerprint density at radius 3 is 2.17 bits per heavy atom. The molecule has 0 aliphatic carbocycles. The smallest absolute Gasteiger partial charge is 0.465 e. The summed E-state index contributed by atoms with van der Waals surface area (Å²) >= 11 is 0. The Morgan fingerprint density at radius 2 is 1.67 bits per heavy atom. The molecule has 0 saturated heterocycles. The van der Waals surface area contributed by atoms with Crippen LogP contribution in [-0.4, -0.2) is 32.4 Å². The van der Waals surface area contributed by atoms with Gasteiger partial charge in [0.1, 0.15) is 5.75 Å². The van der Waals surface area contributed by atoms with Gasteiger partial charge in [-0.3, -0.25) is 4.74 Å². The third-order valence-electron chi connectivity index (χ3n) is 3.40. The minimum Gasteiger partial charge on any atom is -0.465 e. The number of rotatable bonds is 10. The second-order valence-electron chi connectivity index (χ2n) is 5.98. The van der Waals surface area contributed by atoms with Crippen molar-refractivity contribution in [3.8, 4) is 5.75 Å². The molecule has 0 bridgehead atoms. The lowest BCUT2D eigenvalue weighted by molar-refractivity contribution is -0.328. The molecule has 0 radical (unpaired) electrons. The van der Waals surface area contributed by atoms with Crippen LogP contribution < -0.4 is 10.5 Å². The number of alkyl halides is 3. The molecule has 0 aliphatic rings. The van der Waals surface area contributed by atoms with E-state index in [0.717, 1.165) is 12.0 Å². The van der Waals surface area contributed by atoms with E-state index in [1.807, 2.05) is 24.3 Å². The van der Waals surface area contributed by atoms with Gasteiger partial charge in [-0.2, -0.15) is 0 Å². The molecule has 0 fully saturated rings. The molecule has 0 amide bonds. The number of ether oxygens (including phenoxy) is 3. The molecule has 0 heterocycles. The summed E-state index contributed by atoms with van der Waals surface area (Å²) in [6.07, 6.45) is -4.30. The molecule has 0 aromatic heterocycles. The monoisotopic (exact) mass is 349 g/mol. The van der Waals surface area contributed by atoms with E-state index in [-0.39, 0.29) is 6.61 Å². The van der Waals surface area contributed by atoms with Crippen molar-refractivity contribution in [1.29, 1.82) is 0 Å². The van der Waals surface area contributed by atoms with Crippen LogP contribution in [-0.2, 0) is 9.47 Å². The average Bonchev–Trinajstić information content (AvgIpc) is 2.49. The molecule has 7 heteroatoms. The highest BCUT2D eigenvalue weighted by Crippen LogP contribution is 2.25. The second kappa shape index (κ2) is 9.86. The predicted octanol–water partition coefficient (Wildman–Crippen LogP) is 4.05. The van der Waals surface area contributed by atoms with Crippen LogP contribution in [0, 0.1) is 5.92 Å². The van der Waals surface area contributed by atoms with E-state index >= 15 is 0 Å². The van der Waals surface area contributed by atoms with Crippen molar-refractivity contribution in [3.63, 3.8) is 0 Å². The van der Waals surface area contributed by atoms with Gasteiger partial charge in [-0.1, -0.05) is 26.0 Å². The van der Waals surface area contributed by atoms with Crippen LogP contribution in [0.1, 0.15) is 38.7 Å². The summed E-state index contributed by atoms with van der Waals surface area (Å²) < 4.78 is 49.7. The van der Waals surface area contributed by atoms with Crippen LogP contribution in [0.4, 0.5) is 13.2 Å². The van der Waals surface area contributed by atoms with Crippen LogP contribution in [0.2, 0.25) is 0 Å². The molecule has 138 valence electrons. The van der Waals surface area contributed by atoms with Crippen LogP contribution in [0.25, 0.3) is 0 Å². The van der Waals surface area contributed by atoms with Crippen molar-refractivity contribution in [2.24, 2.45) is 11.7 Å². The van der Waals surface area contributed by atoms with Crippen molar-refractivity contribution in [2.45, 2.75) is 45.8 Å². The molecule has 24 heavy (non-hydrogen) atoms. The van der Waals surface area contributed by atoms with Crippen LogP contribution in [0.3, 0.4) is 0 Å². The molecular weight excluding hydrogens is 323 g/mol. The summed E-state index contributed by atoms with van der Waals surface area (Å²) in [5, 5.41) is 0. The summed E-state index contributed by atoms with van der Waals surface area (Å²) in [4.78, 5) is 0. The highest BCUT2D eigenvalue weighted by molar-refractivity contribution is 5.29. The average molecular weight is 349 g/mol. The quantitative estimate of drug-likeness (QED) is 0.511. The number of hydrogen-bond acceptors (Lipinski definition) is 4. The van der Waals surface area contributed by atoms with E-state index in [4.69, 9.17) is 15.2 Å². The first-order valence-electron chi connectivity index (χ1n) is 8.00. The van der Waals surface area contributed by atoms with Crippen LogP contribution in [0.5, 0.6) is 5.75 Å². The molecule has 2 unspecified atom stereocenters. The van der Waals surface area contributed by atoms with Crippen molar-refractivity contribution in [1.82, 2.24) is 0 Å². The van der Waals surface area contributed by atoms with Gasteiger partial charge in [-0.05, 0) is 49.4 Å². The van der Waals surface area contributed by atoms with E-state index in [1.54, 1.807) is 6.92 Å². The molecule has 1 aromatic carbocycles. The van der Waals surface area contributed by atoms with Gasteiger partial charge in [-0.15, -0.1) is 13.2 Å². The Bertz CT molecular complexity index is 463. The standard InChI is InChI=1S/C17H26F3NO3/c1-12(2)10-15(11-21)14-4-6-16(7-5-14)24-13(3)22-8-9-23-17(18,19)20/h4-7,12-13,15H,8-11,21H2,1-3H3. The van der Waals surface area contributed by atoms with E-state index in [1.165, 1.54) is 0 Å². The van der Waals surface area contributed by atoms with Crippen LogP contribution >= 0.6 is 0 Å². The molecule has 2 N–H and O–H groups in total. The first-order valence-corrected chi connectivity index (χ1v) is 8.00. The highest BCUT2D eigenvalue weighted by atomic mass is 19.4. The van der Waals surface area contributed by atoms with E-state index in [0.29, 0.717) is 24.1 Å². The molecule has 1 aromatic rings. The minimum absolute atomic E-state index is 0.206. The summed E-state index contributed by atoms with van der Waals surface area (Å²) in [6.45, 7) is 5.73. The summed E-state index contributed by atoms with van der Waals surface area (Å²) in [5.41, 5.74) is 6.97. The fourth-order valence-electron chi connectivity index (χ4n) is 2.35. The number of halogens is 3. The van der Waals surface area contributed by atoms with Crippen molar-refractivity contribution >= 4 is 0 Å². The zero-order valence-corrected chi connectivity index (χ0v) is 14.3. The van der Waals surface area contributed by atoms with Crippen molar-refractivity contribution in [3.05, 3.63) is 29.8 Å². The summed E-state index contributed by atoms with van der Waals surface area (Å²) in [5.74, 6) is 1.44. The van der Waals surface area contributed by atoms with Gasteiger partial charge in [0.15, 0.2) is 6.29 Å². The summed E-state index contributed by atoms with van der Waals surface area (Å²) in [7, 11) is 0. The summed E-state index contributed by atoms with van der Waals surface area (Å²) in [6, 6.07) is 7.53. The zero-order valence-electron chi connectivity index (χ0n) is 14.3. The Balaban J connectivity index is 2.43. The maximum absolute atomic E-state index is 11.8. The third kappa shape index (κ3) is 8.52. The second-order valence-corrected chi connectivity index (χ2v) is 5.98. The molecule has 0 aliphatic heterocycles. The molecule has 4 nitrogen and oxygen atoms in total. The Kier molecular flexibility index (Phi) is 8.52. The van der Waals surface area contributed by atoms with Gasteiger partial charge in [0.25, 0.3) is 0 Å². The zero-order chi connectivity index (χ0) is 18.2. The predicted molar refractivity (Wildman–Crippen MR) is 85.7 cm³/mol. The Morgan fingerprint density at radius 1 is 1.04 bits per heavy atom. The fraction of sp³-hybridized carbons (Fsp3) is 0.647. The Labute approximate surface area is 141 Å². The third-order valence-corrected chi connectivity index (χ3v) is 3.40. The van der Waals surface area contributed by atoms with E-state index in [9.17, 15) is 13.2 Å². The number of nitrogens with two attached hydrogens (primary N) is 1. The van der Waals surface area contributed by atoms with Crippen LogP contribution in [0.15, 0.2) is 24.3 Å².